The summed E-state index contributed by atoms with van der Waals surface area (Å²) in [6, 6.07) is 164. The number of pyridine rings is 2. The molecule has 19 aromatic carbocycles. The van der Waals surface area contributed by atoms with E-state index < -0.39 is 5.41 Å². The molecule has 0 radical (unpaired) electrons. The lowest BCUT2D eigenvalue weighted by atomic mass is 9.63. The number of hydrogen-bond acceptors (Lipinski definition) is 8. The van der Waals surface area contributed by atoms with Gasteiger partial charge in [-0.2, -0.15) is 5.26 Å². The minimum Gasteiger partial charge on any atom is -0.454 e. The molecule has 0 spiro atoms. The monoisotopic (exact) mass is 1740 g/mol. The summed E-state index contributed by atoms with van der Waals surface area (Å²) in [4.78, 5) is 31.8. The Morgan fingerprint density at radius 2 is 0.787 bits per heavy atom. The molecule has 634 valence electrons. The van der Waals surface area contributed by atoms with Crippen LogP contribution in [0.25, 0.3) is 189 Å². The van der Waals surface area contributed by atoms with Crippen LogP contribution < -0.4 is 9.64 Å². The third-order valence-electron chi connectivity index (χ3n) is 26.6. The van der Waals surface area contributed by atoms with Gasteiger partial charge in [0.05, 0.1) is 102 Å². The van der Waals surface area contributed by atoms with Crippen LogP contribution in [-0.4, -0.2) is 38.6 Å². The SMILES string of the molecule is [C-]#[N+]c1cc(C#N)cc(-c2cccc3c2Oc2ccccc2-n2c-3nc3ccccc32)c1.c1ccc(-c2cc(-c3nccc4ccccc34)cc(N3c4ccc(-c5ccccc5)cc4-c4nc5ccccc5n4-c4ccccc43)c2)cc1.c1ccc(C2(c3ccccc3)c3ccccc3-c3nc4ccccc4n3-c3ccc(-c4cccc(-c5nc6ccccc6c6ccccc56)c4)cc32)cc1. The van der Waals surface area contributed by atoms with E-state index in [0.29, 0.717) is 22.7 Å². The number of ether oxygens (including phenoxy) is 1. The molecule has 0 saturated carbocycles. The first kappa shape index (κ1) is 79.4. The largest absolute Gasteiger partial charge is 0.454 e. The van der Waals surface area contributed by atoms with Crippen LogP contribution in [0.4, 0.5) is 22.7 Å². The lowest BCUT2D eigenvalue weighted by Crippen LogP contribution is -2.32. The average molecular weight is 1740 g/mol. The van der Waals surface area contributed by atoms with Gasteiger partial charge in [0, 0.05) is 61.4 Å². The van der Waals surface area contributed by atoms with Gasteiger partial charge in [-0.1, -0.05) is 315 Å². The number of para-hydroxylation sites is 12. The van der Waals surface area contributed by atoms with E-state index in [9.17, 15) is 5.26 Å². The first-order valence-corrected chi connectivity index (χ1v) is 45.5. The number of benzene rings is 19. The molecule has 0 fully saturated rings. The van der Waals surface area contributed by atoms with Crippen molar-refractivity contribution in [3.8, 4) is 136 Å². The predicted molar refractivity (Wildman–Crippen MR) is 551 cm³/mol. The molecule has 27 rings (SSSR count). The molecule has 0 saturated heterocycles. The zero-order valence-electron chi connectivity index (χ0n) is 73.3. The van der Waals surface area contributed by atoms with Crippen molar-refractivity contribution in [1.29, 1.82) is 5.26 Å². The van der Waals surface area contributed by atoms with Gasteiger partial charge in [0.15, 0.2) is 11.4 Å². The highest BCUT2D eigenvalue weighted by atomic mass is 16.5. The molecule has 0 bridgehead atoms. The van der Waals surface area contributed by atoms with Crippen molar-refractivity contribution < 1.29 is 4.74 Å². The Hall–Kier alpha value is -18.8. The van der Waals surface area contributed by atoms with Gasteiger partial charge >= 0.3 is 0 Å². The van der Waals surface area contributed by atoms with E-state index >= 15 is 0 Å². The second kappa shape index (κ2) is 33.0. The Kier molecular flexibility index (Phi) is 19.3. The van der Waals surface area contributed by atoms with Crippen LogP contribution in [0.1, 0.15) is 27.8 Å². The highest BCUT2D eigenvalue weighted by Gasteiger charge is 2.45. The molecule has 0 amide bonds. The highest BCUT2D eigenvalue weighted by molar-refractivity contribution is 6.11. The first-order chi connectivity index (χ1) is 67.3. The van der Waals surface area contributed by atoms with Crippen molar-refractivity contribution in [2.75, 3.05) is 4.90 Å². The quantitative estimate of drug-likeness (QED) is 0.104. The number of imidazole rings is 3. The van der Waals surface area contributed by atoms with Crippen molar-refractivity contribution >= 4 is 88.3 Å². The fraction of sp³-hybridized carbons (Fsp3) is 0.00806. The summed E-state index contributed by atoms with van der Waals surface area (Å²) >= 11 is 0. The molecule has 0 aliphatic carbocycles. The molecule has 12 nitrogen and oxygen atoms in total. The Bertz CT molecular complexity index is 8940. The van der Waals surface area contributed by atoms with E-state index in [0.717, 1.165) is 179 Å². The number of aromatic nitrogens is 8. The van der Waals surface area contributed by atoms with Gasteiger partial charge in [-0.05, 0) is 218 Å². The smallest absolute Gasteiger partial charge is 0.189 e. The maximum absolute atomic E-state index is 9.46. The molecule has 0 atom stereocenters. The Labute approximate surface area is 784 Å². The van der Waals surface area contributed by atoms with Crippen molar-refractivity contribution in [2.24, 2.45) is 0 Å². The Morgan fingerprint density at radius 1 is 0.294 bits per heavy atom. The molecule has 12 heteroatoms. The van der Waals surface area contributed by atoms with Gasteiger partial charge in [0.25, 0.3) is 0 Å². The Morgan fingerprint density at radius 3 is 1.49 bits per heavy atom. The lowest BCUT2D eigenvalue weighted by molar-refractivity contribution is 0.487. The molecule has 3 aliphatic rings. The molecule has 8 heterocycles. The maximum Gasteiger partial charge on any atom is 0.189 e. The molecular weight excluding hydrogens is 1660 g/mol. The summed E-state index contributed by atoms with van der Waals surface area (Å²) < 4.78 is 13.3. The zero-order chi connectivity index (χ0) is 90.3. The van der Waals surface area contributed by atoms with Crippen molar-refractivity contribution in [1.82, 2.24) is 38.6 Å². The van der Waals surface area contributed by atoms with E-state index in [1.807, 2.05) is 66.9 Å². The van der Waals surface area contributed by atoms with Gasteiger partial charge in [-0.25, -0.2) is 24.8 Å². The second-order valence-corrected chi connectivity index (χ2v) is 34.3. The van der Waals surface area contributed by atoms with Gasteiger partial charge in [-0.15, -0.1) is 0 Å². The normalized spacial score (nSPS) is 12.2. The van der Waals surface area contributed by atoms with Crippen molar-refractivity contribution in [3.05, 3.63) is 506 Å². The maximum atomic E-state index is 9.46. The number of nitrogens with zero attached hydrogens (tertiary/aromatic N) is 11. The molecule has 5 aromatic heterocycles. The van der Waals surface area contributed by atoms with E-state index in [-0.39, 0.29) is 0 Å². The molecule has 136 heavy (non-hydrogen) atoms. The van der Waals surface area contributed by atoms with Crippen LogP contribution in [-0.2, 0) is 5.41 Å². The minimum absolute atomic E-state index is 0.415. The summed E-state index contributed by atoms with van der Waals surface area (Å²) in [6.45, 7) is 7.42. The summed E-state index contributed by atoms with van der Waals surface area (Å²) in [5, 5.41) is 15.3. The van der Waals surface area contributed by atoms with Crippen LogP contribution in [0.5, 0.6) is 11.5 Å². The first-order valence-electron chi connectivity index (χ1n) is 45.5. The molecule has 24 aromatic rings. The number of fused-ring (bicyclic) bond motifs is 25. The van der Waals surface area contributed by atoms with Crippen LogP contribution in [0, 0.1) is 17.9 Å². The Balaban J connectivity index is 0.000000112. The fourth-order valence-corrected chi connectivity index (χ4v) is 20.6. The van der Waals surface area contributed by atoms with E-state index in [1.165, 1.54) is 44.0 Å². The number of nitriles is 1. The second-order valence-electron chi connectivity index (χ2n) is 34.3. The van der Waals surface area contributed by atoms with Crippen molar-refractivity contribution in [2.45, 2.75) is 5.41 Å². The van der Waals surface area contributed by atoms with Gasteiger partial charge in [-0.3, -0.25) is 18.7 Å². The third-order valence-corrected chi connectivity index (χ3v) is 26.6. The summed E-state index contributed by atoms with van der Waals surface area (Å²) in [6.07, 6.45) is 1.91. The number of anilines is 3. The standard InChI is InChI=1S/C51H33N3.C46H30N4.C27H14N4O/c1-3-18-37(19-4-1)51(38-20-5-2-6-21-38)43-26-11-9-25-42(43)50-53-46-28-13-14-29-48(46)54(50)47-31-30-35(33-44(47)51)34-16-15-17-36(32-34)49-41-24-8-7-22-39(41)40-23-10-12-27-45(40)52-49;1-3-13-31(14-4-1)34-23-24-41-39(30-34)46-48-40-19-9-10-20-42(40)50(46)44-22-12-11-21-43(44)49(41)37-28-35(32-15-5-2-6-16-32)27-36(29-37)45-38-18-8-7-17-33(38)25-26-47-45;1-29-19-14-17(16-28)13-18(15-19)20-7-6-8-21-26(20)32-25-12-5-4-11-24(25)31-23-10-3-2-9-22(23)30-27(21)31/h1-33H;1-30H;2-15H. The summed E-state index contributed by atoms with van der Waals surface area (Å²) in [5.74, 6) is 4.02. The van der Waals surface area contributed by atoms with Crippen LogP contribution in [0.15, 0.2) is 467 Å². The van der Waals surface area contributed by atoms with Gasteiger partial charge in [0.2, 0.25) is 0 Å². The van der Waals surface area contributed by atoms with E-state index in [4.69, 9.17) is 36.2 Å². The molecule has 0 N–H and O–H groups in total. The third kappa shape index (κ3) is 13.3. The predicted octanol–water partition coefficient (Wildman–Crippen LogP) is 31.3. The van der Waals surface area contributed by atoms with E-state index in [1.54, 1.807) is 18.2 Å². The minimum atomic E-state index is -0.653. The lowest BCUT2D eigenvalue weighted by Gasteiger charge is -2.38. The fourth-order valence-electron chi connectivity index (χ4n) is 20.6. The van der Waals surface area contributed by atoms with Crippen molar-refractivity contribution in [3.63, 3.8) is 0 Å². The van der Waals surface area contributed by atoms with Gasteiger partial charge < -0.3 is 9.64 Å². The van der Waals surface area contributed by atoms with E-state index in [2.05, 4.69) is 412 Å². The molecular formula is C124H77N11O. The summed E-state index contributed by atoms with van der Waals surface area (Å²) in [5.41, 5.74) is 33.9. The van der Waals surface area contributed by atoms with Gasteiger partial charge in [0.1, 0.15) is 23.2 Å². The molecule has 3 aliphatic heterocycles. The van der Waals surface area contributed by atoms with Crippen LogP contribution in [0.2, 0.25) is 0 Å². The highest BCUT2D eigenvalue weighted by Crippen LogP contribution is 2.57. The number of hydrogen-bond donors (Lipinski definition) is 0. The van der Waals surface area contributed by atoms with Crippen LogP contribution >= 0.6 is 0 Å². The summed E-state index contributed by atoms with van der Waals surface area (Å²) in [7, 11) is 0. The molecule has 0 unspecified atom stereocenters. The average Bonchev–Trinajstić information content (AvgIpc) is 1.53. The number of rotatable bonds is 9. The topological polar surface area (TPSA) is 120 Å². The van der Waals surface area contributed by atoms with Crippen LogP contribution in [0.3, 0.4) is 0 Å². The zero-order valence-corrected chi connectivity index (χ0v) is 73.3.